The smallest absolute Gasteiger partial charge is 0.551 e. The fourth-order valence-corrected chi connectivity index (χ4v) is 3.00. The van der Waals surface area contributed by atoms with E-state index < -0.39 is 0 Å². The molecule has 3 heteroatoms. The van der Waals surface area contributed by atoms with E-state index in [4.69, 9.17) is 9.47 Å². The molecule has 0 fully saturated rings. The van der Waals surface area contributed by atoms with Crippen LogP contribution in [0.1, 0.15) is 64.5 Å². The van der Waals surface area contributed by atoms with Crippen molar-refractivity contribution in [2.24, 2.45) is 0 Å². The molecule has 0 heterocycles. The molecule has 0 aliphatic rings. The third-order valence-corrected chi connectivity index (χ3v) is 4.88. The minimum Gasteiger partial charge on any atom is -0.551 e. The van der Waals surface area contributed by atoms with Gasteiger partial charge in [0.05, 0.1) is 13.2 Å². The van der Waals surface area contributed by atoms with E-state index in [1.165, 1.54) is 30.4 Å². The molecule has 0 N–H and O–H groups in total. The van der Waals surface area contributed by atoms with Gasteiger partial charge in [-0.1, -0.05) is 46.0 Å². The van der Waals surface area contributed by atoms with Gasteiger partial charge in [0, 0.05) is 11.5 Å². The van der Waals surface area contributed by atoms with Crippen molar-refractivity contribution in [3.8, 4) is 11.5 Å². The fraction of sp³-hybridized carbons (Fsp3) is 0.333. The molecule has 0 unspecified atom stereocenters. The van der Waals surface area contributed by atoms with Crippen LogP contribution in [0.3, 0.4) is 0 Å². The number of unbranched alkanes of at least 4 members (excludes halogenated alkanes) is 1. The molecule has 0 atom stereocenters. The normalized spacial score (nSPS) is 9.28. The summed E-state index contributed by atoms with van der Waals surface area (Å²) in [4.78, 5) is 0. The van der Waals surface area contributed by atoms with Crippen molar-refractivity contribution in [2.75, 3.05) is 13.2 Å². The Bertz CT molecular complexity index is 873. The van der Waals surface area contributed by atoms with Crippen LogP contribution in [0.4, 0.5) is 0 Å². The van der Waals surface area contributed by atoms with E-state index in [1.807, 2.05) is 62.4 Å². The largest absolute Gasteiger partial charge is 4.00 e. The average molecular weight is 519 g/mol. The van der Waals surface area contributed by atoms with Crippen LogP contribution < -0.4 is 9.47 Å². The van der Waals surface area contributed by atoms with Crippen LogP contribution in [0.2, 0.25) is 0 Å². The van der Waals surface area contributed by atoms with Gasteiger partial charge < -0.3 is 9.47 Å². The molecule has 0 saturated heterocycles. The summed E-state index contributed by atoms with van der Waals surface area (Å²) in [5.41, 5.74) is 2.92. The Labute approximate surface area is 235 Å². The van der Waals surface area contributed by atoms with Gasteiger partial charge in [0.2, 0.25) is 0 Å². The molecule has 0 saturated carbocycles. The molecule has 4 aromatic carbocycles. The van der Waals surface area contributed by atoms with Gasteiger partial charge >= 0.3 is 21.7 Å². The molecule has 4 rings (SSSR count). The van der Waals surface area contributed by atoms with Crippen molar-refractivity contribution in [1.29, 1.82) is 0 Å². The van der Waals surface area contributed by atoms with E-state index >= 15 is 0 Å². The Hall–Kier alpha value is -2.55. The Balaban J connectivity index is 0.000000450. The van der Waals surface area contributed by atoms with Crippen LogP contribution in [0.15, 0.2) is 97.1 Å². The summed E-state index contributed by atoms with van der Waals surface area (Å²) in [6, 6.07) is 37.9. The first-order chi connectivity index (χ1) is 17.1. The van der Waals surface area contributed by atoms with E-state index in [9.17, 15) is 0 Å². The van der Waals surface area contributed by atoms with E-state index in [2.05, 4.69) is 81.4 Å². The molecule has 2 nitrogen and oxygen atoms in total. The van der Waals surface area contributed by atoms with Crippen molar-refractivity contribution in [3.05, 3.63) is 120 Å². The number of hydrogen-bond acceptors (Lipinski definition) is 2. The molecule has 0 amide bonds. The van der Waals surface area contributed by atoms with E-state index in [-0.39, 0.29) is 21.7 Å². The van der Waals surface area contributed by atoms with Gasteiger partial charge in [0.1, 0.15) is 0 Å². The predicted molar refractivity (Wildman–Crippen MR) is 150 cm³/mol. The van der Waals surface area contributed by atoms with E-state index in [0.29, 0.717) is 5.92 Å². The zero-order valence-electron chi connectivity index (χ0n) is 22.7. The maximum Gasteiger partial charge on any atom is 4.00 e. The third kappa shape index (κ3) is 17.0. The molecule has 0 aromatic heterocycles. The topological polar surface area (TPSA) is 18.5 Å². The van der Waals surface area contributed by atoms with Crippen LogP contribution in [-0.2, 0) is 28.1 Å². The average Bonchev–Trinajstić information content (AvgIpc) is 3.61. The monoisotopic (exact) mass is 518 g/mol. The Kier molecular flexibility index (Phi) is 21.3. The Morgan fingerprint density at radius 3 is 1.53 bits per heavy atom. The van der Waals surface area contributed by atoms with E-state index in [0.717, 1.165) is 24.7 Å². The number of rotatable bonds is 8. The quantitative estimate of drug-likeness (QED) is 0.171. The summed E-state index contributed by atoms with van der Waals surface area (Å²) in [5, 5.41) is 0. The number of aryl methyl sites for hydroxylation is 1. The van der Waals surface area contributed by atoms with Gasteiger partial charge in [-0.2, -0.15) is 71.8 Å². The van der Waals surface area contributed by atoms with Crippen LogP contribution in [0.25, 0.3) is 0 Å². The zero-order chi connectivity index (χ0) is 25.6. The molecule has 0 aliphatic heterocycles. The van der Waals surface area contributed by atoms with E-state index in [1.54, 1.807) is 0 Å². The summed E-state index contributed by atoms with van der Waals surface area (Å²) in [5.74, 6) is 2.46. The third-order valence-electron chi connectivity index (χ3n) is 4.88. The van der Waals surface area contributed by atoms with Crippen LogP contribution in [0, 0.1) is 12.1 Å². The SMILES string of the molecule is CC(C)[c-]1cccc1.CCCC[c-]1cccc1.CCOc1c[c-]ccc1.CCOc1c[c-]ccc1.[Ti+4]. The summed E-state index contributed by atoms with van der Waals surface area (Å²) in [6.45, 7) is 12.0. The number of hydrogen-bond donors (Lipinski definition) is 0. The summed E-state index contributed by atoms with van der Waals surface area (Å²) in [7, 11) is 0. The van der Waals surface area contributed by atoms with Crippen molar-refractivity contribution >= 4 is 0 Å². The van der Waals surface area contributed by atoms with Crippen LogP contribution in [-0.4, -0.2) is 13.2 Å². The Morgan fingerprint density at radius 1 is 0.722 bits per heavy atom. The van der Waals surface area contributed by atoms with Gasteiger partial charge in [-0.3, -0.25) is 0 Å². The van der Waals surface area contributed by atoms with Gasteiger partial charge in [0.15, 0.2) is 0 Å². The minimum absolute atomic E-state index is 0. The van der Waals surface area contributed by atoms with Gasteiger partial charge in [-0.15, -0.1) is 24.3 Å². The summed E-state index contributed by atoms with van der Waals surface area (Å²) in [6.07, 6.45) is 3.87. The molecular formula is C33H42O2Ti. The molecule has 0 bridgehead atoms. The number of ether oxygens (including phenoxy) is 2. The molecule has 190 valence electrons. The van der Waals surface area contributed by atoms with Crippen LogP contribution in [0.5, 0.6) is 11.5 Å². The van der Waals surface area contributed by atoms with Crippen LogP contribution >= 0.6 is 0 Å². The van der Waals surface area contributed by atoms with Gasteiger partial charge in [-0.05, 0) is 13.8 Å². The molecule has 0 aliphatic carbocycles. The van der Waals surface area contributed by atoms with Crippen molar-refractivity contribution < 1.29 is 31.2 Å². The second kappa shape index (κ2) is 22.9. The second-order valence-corrected chi connectivity index (χ2v) is 8.11. The molecular weight excluding hydrogens is 476 g/mol. The first-order valence-corrected chi connectivity index (χ1v) is 12.7. The second-order valence-electron chi connectivity index (χ2n) is 8.11. The van der Waals surface area contributed by atoms with Gasteiger partial charge in [-0.25, -0.2) is 24.3 Å². The Morgan fingerprint density at radius 2 is 1.19 bits per heavy atom. The zero-order valence-corrected chi connectivity index (χ0v) is 24.2. The van der Waals surface area contributed by atoms with Gasteiger partial charge in [0.25, 0.3) is 0 Å². The molecule has 0 radical (unpaired) electrons. The standard InChI is InChI=1S/C9H13.2C8H9O.C8H11.Ti/c1-2-3-6-9-7-4-5-8-9;2*1-2-9-8-6-4-3-5-7-8;1-7(2)8-5-3-4-6-8;/h4-5,7-8H,2-3,6H2,1H3;2*3-4,6-7H,2H2,1H3;3-7H,1-2H3;/q4*-1;+4. The van der Waals surface area contributed by atoms with Crippen molar-refractivity contribution in [2.45, 2.75) is 59.8 Å². The molecule has 36 heavy (non-hydrogen) atoms. The van der Waals surface area contributed by atoms with Crippen molar-refractivity contribution in [1.82, 2.24) is 0 Å². The van der Waals surface area contributed by atoms with Crippen molar-refractivity contribution in [3.63, 3.8) is 0 Å². The fourth-order valence-electron chi connectivity index (χ4n) is 3.00. The summed E-state index contributed by atoms with van der Waals surface area (Å²) >= 11 is 0. The minimum atomic E-state index is 0. The molecule has 4 aromatic rings. The first-order valence-electron chi connectivity index (χ1n) is 12.7. The number of benzene rings is 2. The maximum atomic E-state index is 5.17. The first kappa shape index (κ1) is 33.5. The predicted octanol–water partition coefficient (Wildman–Crippen LogP) is 9.05. The maximum absolute atomic E-state index is 5.17. The summed E-state index contributed by atoms with van der Waals surface area (Å²) < 4.78 is 10.3. The molecule has 0 spiro atoms.